The van der Waals surface area contributed by atoms with Crippen LogP contribution in [0.2, 0.25) is 5.28 Å². The molecule has 6 nitrogen and oxygen atoms in total. The summed E-state index contributed by atoms with van der Waals surface area (Å²) >= 11 is 7.14. The number of carbonyl (C=O) groups excluding carboxylic acids is 1. The first-order chi connectivity index (χ1) is 16.1. The van der Waals surface area contributed by atoms with Crippen LogP contribution in [0.1, 0.15) is 34.5 Å². The molecular formula is C23H23ClF3N5OS. The summed E-state index contributed by atoms with van der Waals surface area (Å²) in [5, 5.41) is 6.84. The standard InChI is InChI=1S/C23H23ClF3N5OS/c1-28-19(33)15-4-2-3-5-17(15)29-13-9-22(10-13)6-7-32(12-22)18-16-8-14(11-23(25,26)27)34-20(16)31-21(24)30-18/h2-5,8,13,29H,6-7,9-12H2,1H3,(H,28,33). The number of amides is 1. The van der Waals surface area contributed by atoms with Crippen LogP contribution in [0.3, 0.4) is 0 Å². The van der Waals surface area contributed by atoms with E-state index in [2.05, 4.69) is 25.5 Å². The van der Waals surface area contributed by atoms with Crippen LogP contribution in [0.4, 0.5) is 24.7 Å². The molecule has 1 aliphatic heterocycles. The van der Waals surface area contributed by atoms with Gasteiger partial charge in [-0.2, -0.15) is 18.2 Å². The summed E-state index contributed by atoms with van der Waals surface area (Å²) in [6.07, 6.45) is -2.42. The lowest BCUT2D eigenvalue weighted by molar-refractivity contribution is -0.126. The van der Waals surface area contributed by atoms with Crippen molar-refractivity contribution in [2.45, 2.75) is 37.9 Å². The molecule has 2 aliphatic rings. The lowest BCUT2D eigenvalue weighted by atomic mass is 9.65. The van der Waals surface area contributed by atoms with E-state index in [1.54, 1.807) is 19.2 Å². The molecule has 0 radical (unpaired) electrons. The Morgan fingerprint density at radius 3 is 2.79 bits per heavy atom. The van der Waals surface area contributed by atoms with Gasteiger partial charge >= 0.3 is 6.18 Å². The fraction of sp³-hybridized carbons (Fsp3) is 0.435. The number of alkyl halides is 3. The smallest absolute Gasteiger partial charge is 0.382 e. The van der Waals surface area contributed by atoms with Crippen molar-refractivity contribution in [2.75, 3.05) is 30.4 Å². The van der Waals surface area contributed by atoms with Gasteiger partial charge in [0.2, 0.25) is 5.28 Å². The summed E-state index contributed by atoms with van der Waals surface area (Å²) in [5.74, 6) is 0.479. The Balaban J connectivity index is 1.30. The van der Waals surface area contributed by atoms with Gasteiger partial charge in [0, 0.05) is 36.7 Å². The SMILES string of the molecule is CNC(=O)c1ccccc1NC1CC2(CCN(c3nc(Cl)nc4sc(CC(F)(F)F)cc34)C2)C1. The van der Waals surface area contributed by atoms with E-state index < -0.39 is 12.6 Å². The molecule has 1 saturated heterocycles. The highest BCUT2D eigenvalue weighted by Crippen LogP contribution is 2.50. The number of para-hydroxylation sites is 1. The molecule has 34 heavy (non-hydrogen) atoms. The topological polar surface area (TPSA) is 70.2 Å². The average molecular weight is 510 g/mol. The molecule has 1 spiro atoms. The number of anilines is 2. The maximum atomic E-state index is 12.9. The van der Waals surface area contributed by atoms with E-state index in [0.717, 1.165) is 49.4 Å². The molecule has 11 heteroatoms. The molecule has 2 aromatic heterocycles. The number of thiophene rings is 1. The Kier molecular flexibility index (Phi) is 5.84. The number of hydrogen-bond donors (Lipinski definition) is 2. The zero-order valence-corrected chi connectivity index (χ0v) is 19.9. The molecule has 1 aliphatic carbocycles. The van der Waals surface area contributed by atoms with Crippen LogP contribution in [0.25, 0.3) is 10.2 Å². The van der Waals surface area contributed by atoms with Gasteiger partial charge in [0.1, 0.15) is 10.6 Å². The van der Waals surface area contributed by atoms with Crippen LogP contribution in [0.5, 0.6) is 0 Å². The van der Waals surface area contributed by atoms with Crippen molar-refractivity contribution in [3.8, 4) is 0 Å². The fourth-order valence-corrected chi connectivity index (χ4v) is 6.42. The molecule has 5 rings (SSSR count). The van der Waals surface area contributed by atoms with E-state index >= 15 is 0 Å². The van der Waals surface area contributed by atoms with Gasteiger partial charge in [0.25, 0.3) is 5.91 Å². The van der Waals surface area contributed by atoms with Crippen LogP contribution in [-0.4, -0.2) is 48.2 Å². The Bertz CT molecular complexity index is 1240. The van der Waals surface area contributed by atoms with Crippen LogP contribution < -0.4 is 15.5 Å². The molecule has 2 fully saturated rings. The highest BCUT2D eigenvalue weighted by molar-refractivity contribution is 7.18. The van der Waals surface area contributed by atoms with Crippen molar-refractivity contribution in [2.24, 2.45) is 5.41 Å². The van der Waals surface area contributed by atoms with Gasteiger partial charge in [0.05, 0.1) is 17.4 Å². The van der Waals surface area contributed by atoms with Crippen molar-refractivity contribution >= 4 is 50.6 Å². The minimum absolute atomic E-state index is 0.0443. The predicted molar refractivity (Wildman–Crippen MR) is 128 cm³/mol. The molecule has 1 amide bonds. The number of rotatable bonds is 5. The number of fused-ring (bicyclic) bond motifs is 1. The first kappa shape index (κ1) is 23.2. The minimum atomic E-state index is -4.28. The molecule has 1 saturated carbocycles. The third kappa shape index (κ3) is 4.53. The van der Waals surface area contributed by atoms with Gasteiger partial charge in [-0.25, -0.2) is 4.98 Å². The number of halogens is 4. The number of benzene rings is 1. The number of nitrogens with zero attached hydrogens (tertiary/aromatic N) is 3. The van der Waals surface area contributed by atoms with E-state index in [0.29, 0.717) is 21.6 Å². The maximum Gasteiger partial charge on any atom is 0.393 e. The highest BCUT2D eigenvalue weighted by Gasteiger charge is 2.49. The summed E-state index contributed by atoms with van der Waals surface area (Å²) in [4.78, 5) is 23.5. The van der Waals surface area contributed by atoms with E-state index in [1.807, 2.05) is 18.2 Å². The third-order valence-corrected chi connectivity index (χ3v) is 7.82. The molecule has 3 aromatic rings. The van der Waals surface area contributed by atoms with E-state index in [9.17, 15) is 18.0 Å². The van der Waals surface area contributed by atoms with Crippen LogP contribution >= 0.6 is 22.9 Å². The van der Waals surface area contributed by atoms with Gasteiger partial charge in [0.15, 0.2) is 0 Å². The molecule has 180 valence electrons. The summed E-state index contributed by atoms with van der Waals surface area (Å²) in [7, 11) is 1.61. The largest absolute Gasteiger partial charge is 0.393 e. The van der Waals surface area contributed by atoms with Gasteiger partial charge in [-0.05, 0) is 54.5 Å². The quantitative estimate of drug-likeness (QED) is 0.458. The number of aromatic nitrogens is 2. The molecule has 1 aromatic carbocycles. The van der Waals surface area contributed by atoms with Crippen molar-refractivity contribution < 1.29 is 18.0 Å². The zero-order chi connectivity index (χ0) is 24.1. The van der Waals surface area contributed by atoms with Crippen molar-refractivity contribution in [3.63, 3.8) is 0 Å². The Hall–Kier alpha value is -2.59. The lowest BCUT2D eigenvalue weighted by Crippen LogP contribution is -2.47. The summed E-state index contributed by atoms with van der Waals surface area (Å²) in [6, 6.07) is 9.24. The third-order valence-electron chi connectivity index (χ3n) is 6.63. The first-order valence-electron chi connectivity index (χ1n) is 11.0. The normalized spacial score (nSPS) is 22.3. The summed E-state index contributed by atoms with van der Waals surface area (Å²) in [6.45, 7) is 1.52. The molecule has 0 bridgehead atoms. The Morgan fingerprint density at radius 2 is 2.06 bits per heavy atom. The molecule has 0 unspecified atom stereocenters. The van der Waals surface area contributed by atoms with E-state index in [4.69, 9.17) is 11.6 Å². The maximum absolute atomic E-state index is 12.9. The van der Waals surface area contributed by atoms with Gasteiger partial charge in [-0.15, -0.1) is 11.3 Å². The summed E-state index contributed by atoms with van der Waals surface area (Å²) < 4.78 is 38.7. The average Bonchev–Trinajstić information content (AvgIpc) is 3.35. The molecular weight excluding hydrogens is 487 g/mol. The van der Waals surface area contributed by atoms with Crippen molar-refractivity contribution in [1.29, 1.82) is 0 Å². The van der Waals surface area contributed by atoms with E-state index in [-0.39, 0.29) is 27.5 Å². The van der Waals surface area contributed by atoms with Crippen molar-refractivity contribution in [1.82, 2.24) is 15.3 Å². The Morgan fingerprint density at radius 1 is 1.29 bits per heavy atom. The Labute approximate surface area is 203 Å². The van der Waals surface area contributed by atoms with Crippen molar-refractivity contribution in [3.05, 3.63) is 46.1 Å². The van der Waals surface area contributed by atoms with Gasteiger partial charge < -0.3 is 15.5 Å². The lowest BCUT2D eigenvalue weighted by Gasteiger charge is -2.46. The molecule has 0 atom stereocenters. The van der Waals surface area contributed by atoms with Crippen LogP contribution in [0, 0.1) is 5.41 Å². The molecule has 3 heterocycles. The monoisotopic (exact) mass is 509 g/mol. The van der Waals surface area contributed by atoms with Crippen LogP contribution in [0.15, 0.2) is 30.3 Å². The predicted octanol–water partition coefficient (Wildman–Crippen LogP) is 5.28. The second-order valence-electron chi connectivity index (χ2n) is 9.09. The highest BCUT2D eigenvalue weighted by atomic mass is 35.5. The second-order valence-corrected chi connectivity index (χ2v) is 10.5. The minimum Gasteiger partial charge on any atom is -0.382 e. The fourth-order valence-electron chi connectivity index (χ4n) is 5.16. The molecule has 2 N–H and O–H groups in total. The second kappa shape index (κ2) is 8.57. The summed E-state index contributed by atoms with van der Waals surface area (Å²) in [5.41, 5.74) is 1.54. The van der Waals surface area contributed by atoms with E-state index in [1.165, 1.54) is 0 Å². The number of nitrogens with one attached hydrogen (secondary N) is 2. The number of hydrogen-bond acceptors (Lipinski definition) is 6. The zero-order valence-electron chi connectivity index (χ0n) is 18.4. The van der Waals surface area contributed by atoms with Gasteiger partial charge in [-0.3, -0.25) is 4.79 Å². The first-order valence-corrected chi connectivity index (χ1v) is 12.2. The van der Waals surface area contributed by atoms with Gasteiger partial charge in [-0.1, -0.05) is 12.1 Å². The van der Waals surface area contributed by atoms with Crippen LogP contribution in [-0.2, 0) is 6.42 Å². The number of carbonyl (C=O) groups is 1.